The maximum atomic E-state index is 12.5. The molecule has 116 valence electrons. The molecule has 1 N–H and O–H groups in total. The maximum absolute atomic E-state index is 12.5. The fraction of sp³-hybridized carbons (Fsp3) is 0.867. The summed E-state index contributed by atoms with van der Waals surface area (Å²) < 4.78 is 7.99. The Kier molecular flexibility index (Phi) is 5.83. The van der Waals surface area contributed by atoms with E-state index in [4.69, 9.17) is 1.37 Å². The quantitative estimate of drug-likeness (QED) is 0.795. The molecule has 5 nitrogen and oxygen atoms in total. The number of hydrogen-bond acceptors (Lipinski definition) is 3. The summed E-state index contributed by atoms with van der Waals surface area (Å²) in [6.07, 6.45) is 2.47. The van der Waals surface area contributed by atoms with Crippen LogP contribution >= 0.6 is 0 Å². The van der Waals surface area contributed by atoms with Crippen molar-refractivity contribution in [3.63, 3.8) is 0 Å². The number of carbonyl (C=O) groups excluding carboxylic acids is 2. The van der Waals surface area contributed by atoms with Gasteiger partial charge in [-0.05, 0) is 40.3 Å². The Morgan fingerprint density at radius 3 is 2.65 bits per heavy atom. The van der Waals surface area contributed by atoms with Crippen molar-refractivity contribution >= 4 is 11.8 Å². The second-order valence-electron chi connectivity index (χ2n) is 5.96. The predicted octanol–water partition coefficient (Wildman–Crippen LogP) is 1.09. The van der Waals surface area contributed by atoms with Crippen LogP contribution in [-0.2, 0) is 9.59 Å². The summed E-state index contributed by atoms with van der Waals surface area (Å²) in [5, 5.41) is 2.79. The average molecular weight is 285 g/mol. The van der Waals surface area contributed by atoms with Gasteiger partial charge in [-0.25, -0.2) is 0 Å². The summed E-state index contributed by atoms with van der Waals surface area (Å²) in [7, 11) is 3.83. The minimum atomic E-state index is -0.567. The zero-order valence-corrected chi connectivity index (χ0v) is 13.3. The van der Waals surface area contributed by atoms with E-state index in [1.165, 1.54) is 0 Å². The van der Waals surface area contributed by atoms with Crippen molar-refractivity contribution < 1.29 is 11.0 Å². The molecule has 1 unspecified atom stereocenters. The lowest BCUT2D eigenvalue weighted by Gasteiger charge is -2.28. The first-order chi connectivity index (χ1) is 9.77. The van der Waals surface area contributed by atoms with E-state index in [0.29, 0.717) is 6.54 Å². The van der Waals surface area contributed by atoms with E-state index < -0.39 is 12.6 Å². The molecule has 1 rings (SSSR count). The van der Waals surface area contributed by atoms with Crippen LogP contribution in [0.4, 0.5) is 0 Å². The highest BCUT2D eigenvalue weighted by atomic mass is 16.2. The first-order valence-corrected chi connectivity index (χ1v) is 7.47. The van der Waals surface area contributed by atoms with Gasteiger partial charge in [-0.2, -0.15) is 0 Å². The Bertz CT molecular complexity index is 376. The molecular formula is C15H29N3O2. The van der Waals surface area contributed by atoms with Crippen molar-refractivity contribution in [3.8, 4) is 0 Å². The molecule has 0 bridgehead atoms. The van der Waals surface area contributed by atoms with Gasteiger partial charge in [-0.3, -0.25) is 9.59 Å². The van der Waals surface area contributed by atoms with E-state index in [9.17, 15) is 9.59 Å². The van der Waals surface area contributed by atoms with Crippen LogP contribution in [0, 0.1) is 5.92 Å². The van der Waals surface area contributed by atoms with Crippen LogP contribution in [0.2, 0.25) is 0 Å². The number of amides is 2. The van der Waals surface area contributed by atoms with Crippen LogP contribution < -0.4 is 5.32 Å². The van der Waals surface area contributed by atoms with Crippen molar-refractivity contribution in [1.82, 2.24) is 15.1 Å². The smallest absolute Gasteiger partial charge is 0.245 e. The van der Waals surface area contributed by atoms with Gasteiger partial charge < -0.3 is 15.1 Å². The van der Waals surface area contributed by atoms with Crippen molar-refractivity contribution in [2.45, 2.75) is 52.1 Å². The number of likely N-dealkylation sites (tertiary alicyclic amines) is 1. The molecule has 0 aromatic carbocycles. The summed E-state index contributed by atoms with van der Waals surface area (Å²) in [6.45, 7) is 5.77. The Labute approximate surface area is 124 Å². The van der Waals surface area contributed by atoms with Crippen LogP contribution in [0.5, 0.6) is 0 Å². The molecule has 2 amide bonds. The van der Waals surface area contributed by atoms with E-state index in [1.54, 1.807) is 11.8 Å². The lowest BCUT2D eigenvalue weighted by Crippen LogP contribution is -2.50. The average Bonchev–Trinajstić information content (AvgIpc) is 2.77. The number of nitrogens with one attached hydrogen (secondary N) is 1. The van der Waals surface area contributed by atoms with Crippen LogP contribution in [0.15, 0.2) is 0 Å². The molecule has 1 saturated heterocycles. The molecule has 1 heterocycles. The monoisotopic (exact) mass is 285 g/mol. The minimum absolute atomic E-state index is 0.113. The number of nitrogens with zero attached hydrogens (tertiary/aromatic N) is 2. The predicted molar refractivity (Wildman–Crippen MR) is 80.3 cm³/mol. The molecule has 4 atom stereocenters. The fourth-order valence-corrected chi connectivity index (χ4v) is 2.64. The Hall–Kier alpha value is -1.10. The van der Waals surface area contributed by atoms with E-state index in [-0.39, 0.29) is 23.8 Å². The van der Waals surface area contributed by atoms with Crippen molar-refractivity contribution in [3.05, 3.63) is 0 Å². The first-order valence-electron chi connectivity index (χ1n) is 8.05. The van der Waals surface area contributed by atoms with E-state index in [0.717, 1.165) is 19.3 Å². The zero-order chi connectivity index (χ0) is 16.2. The van der Waals surface area contributed by atoms with E-state index in [2.05, 4.69) is 5.32 Å². The highest BCUT2D eigenvalue weighted by Gasteiger charge is 2.31. The van der Waals surface area contributed by atoms with Crippen molar-refractivity contribution in [2.75, 3.05) is 27.2 Å². The van der Waals surface area contributed by atoms with Crippen LogP contribution in [-0.4, -0.2) is 60.9 Å². The third-order valence-electron chi connectivity index (χ3n) is 3.76. The molecule has 0 aromatic heterocycles. The van der Waals surface area contributed by atoms with Crippen LogP contribution in [0.3, 0.4) is 0 Å². The van der Waals surface area contributed by atoms with Gasteiger partial charge in [0.15, 0.2) is 0 Å². The zero-order valence-electron chi connectivity index (χ0n) is 14.3. The van der Waals surface area contributed by atoms with E-state index >= 15 is 0 Å². The molecule has 0 aromatic rings. The summed E-state index contributed by atoms with van der Waals surface area (Å²) >= 11 is 0. The van der Waals surface area contributed by atoms with Gasteiger partial charge in [-0.1, -0.05) is 13.8 Å². The van der Waals surface area contributed by atoms with Gasteiger partial charge in [0.25, 0.3) is 0 Å². The summed E-state index contributed by atoms with van der Waals surface area (Å²) in [5.41, 5.74) is 0. The lowest BCUT2D eigenvalue weighted by molar-refractivity contribution is -0.137. The third kappa shape index (κ3) is 4.47. The summed E-state index contributed by atoms with van der Waals surface area (Å²) in [4.78, 5) is 28.2. The molecule has 0 radical (unpaired) electrons. The SMILES string of the molecule is [3H]C1CC[C@H](CC)N1C(=O)[C@H](C)NC(=O)[C@H](C)CN(C)C. The number of hydrogen-bond donors (Lipinski definition) is 1. The largest absolute Gasteiger partial charge is 0.344 e. The fourth-order valence-electron chi connectivity index (χ4n) is 2.64. The first kappa shape index (κ1) is 15.3. The number of rotatable bonds is 6. The van der Waals surface area contributed by atoms with E-state index in [1.807, 2.05) is 32.8 Å². The molecule has 0 saturated carbocycles. The Morgan fingerprint density at radius 2 is 2.10 bits per heavy atom. The summed E-state index contributed by atoms with van der Waals surface area (Å²) in [6, 6.07) is -0.430. The maximum Gasteiger partial charge on any atom is 0.245 e. The standard InChI is InChI=1S/C15H29N3O2/c1-6-13-8-7-9-18(13)15(20)12(3)16-14(19)11(2)10-17(4)5/h11-13H,6-10H2,1-5H3,(H,16,19)/t11-,12+,13+/m1/s1/i9T/t9?,11-,12+,13+. The normalized spacial score (nSPS) is 26.3. The molecule has 5 heteroatoms. The molecular weight excluding hydrogens is 254 g/mol. The highest BCUT2D eigenvalue weighted by Crippen LogP contribution is 2.20. The molecule has 0 aliphatic carbocycles. The molecule has 1 aliphatic heterocycles. The van der Waals surface area contributed by atoms with Gasteiger partial charge in [-0.15, -0.1) is 0 Å². The van der Waals surface area contributed by atoms with Gasteiger partial charge in [0, 0.05) is 26.4 Å². The topological polar surface area (TPSA) is 52.7 Å². The second-order valence-corrected chi connectivity index (χ2v) is 5.96. The second kappa shape index (κ2) is 7.62. The Balaban J connectivity index is 2.60. The molecule has 1 fully saturated rings. The molecule has 20 heavy (non-hydrogen) atoms. The van der Waals surface area contributed by atoms with Gasteiger partial charge >= 0.3 is 0 Å². The minimum Gasteiger partial charge on any atom is -0.344 e. The van der Waals surface area contributed by atoms with Crippen LogP contribution in [0.1, 0.15) is 41.4 Å². The van der Waals surface area contributed by atoms with Gasteiger partial charge in [0.2, 0.25) is 11.8 Å². The number of carbonyl (C=O) groups is 2. The third-order valence-corrected chi connectivity index (χ3v) is 3.76. The highest BCUT2D eigenvalue weighted by molar-refractivity contribution is 5.88. The molecule has 0 spiro atoms. The van der Waals surface area contributed by atoms with Crippen molar-refractivity contribution in [2.24, 2.45) is 5.92 Å². The van der Waals surface area contributed by atoms with Crippen LogP contribution in [0.25, 0.3) is 0 Å². The summed E-state index contributed by atoms with van der Waals surface area (Å²) in [5.74, 6) is -0.411. The van der Waals surface area contributed by atoms with Gasteiger partial charge in [0.05, 0.1) is 0 Å². The molecule has 1 aliphatic rings. The Morgan fingerprint density at radius 1 is 1.45 bits per heavy atom. The lowest BCUT2D eigenvalue weighted by atomic mass is 10.1. The van der Waals surface area contributed by atoms with Crippen molar-refractivity contribution in [1.29, 1.82) is 0 Å². The van der Waals surface area contributed by atoms with Gasteiger partial charge in [0.1, 0.15) is 6.04 Å².